The first-order valence-electron chi connectivity index (χ1n) is 6.09. The van der Waals surface area contributed by atoms with E-state index in [-0.39, 0.29) is 0 Å². The molecular formula is C13H18N4O. The van der Waals surface area contributed by atoms with Crippen LogP contribution in [0.5, 0.6) is 0 Å². The van der Waals surface area contributed by atoms with Crippen molar-refractivity contribution < 1.29 is 5.11 Å². The van der Waals surface area contributed by atoms with Gasteiger partial charge in [-0.3, -0.25) is 0 Å². The van der Waals surface area contributed by atoms with Gasteiger partial charge in [0.25, 0.3) is 0 Å². The van der Waals surface area contributed by atoms with Crippen LogP contribution in [0.15, 0.2) is 30.9 Å². The predicted octanol–water partition coefficient (Wildman–Crippen LogP) is 1.55. The van der Waals surface area contributed by atoms with E-state index in [0.717, 1.165) is 24.2 Å². The highest BCUT2D eigenvalue weighted by atomic mass is 16.3. The van der Waals surface area contributed by atoms with Crippen LogP contribution in [-0.4, -0.2) is 19.6 Å². The Kier molecular flexibility index (Phi) is 3.94. The minimum atomic E-state index is -0.569. The second-order valence-electron chi connectivity index (χ2n) is 4.32. The van der Waals surface area contributed by atoms with Crippen LogP contribution in [0.25, 0.3) is 0 Å². The second-order valence-corrected chi connectivity index (χ2v) is 4.32. The summed E-state index contributed by atoms with van der Waals surface area (Å²) in [5.74, 6) is 0.474. The van der Waals surface area contributed by atoms with E-state index in [1.165, 1.54) is 0 Å². The van der Waals surface area contributed by atoms with Gasteiger partial charge in [-0.1, -0.05) is 6.92 Å². The second kappa shape index (κ2) is 5.64. The molecule has 96 valence electrons. The molecular weight excluding hydrogens is 228 g/mol. The molecule has 2 heterocycles. The Balaban J connectivity index is 2.11. The lowest BCUT2D eigenvalue weighted by Gasteiger charge is -2.13. The Hall–Kier alpha value is -1.88. The van der Waals surface area contributed by atoms with Crippen molar-refractivity contribution in [2.45, 2.75) is 32.4 Å². The summed E-state index contributed by atoms with van der Waals surface area (Å²) >= 11 is 0. The van der Waals surface area contributed by atoms with Gasteiger partial charge in [-0.25, -0.2) is 9.97 Å². The number of nitrogens with two attached hydrogens (primary N) is 1. The van der Waals surface area contributed by atoms with Gasteiger partial charge < -0.3 is 15.4 Å². The standard InChI is InChI=1S/C13H18N4O/c1-2-5-17-9-15-8-11(17)12(18)6-10-3-4-16-13(14)7-10/h3-4,7-9,12,18H,2,5-6H2,1H3,(H2,14,16). The number of hydrogen-bond donors (Lipinski definition) is 2. The van der Waals surface area contributed by atoms with Crippen molar-refractivity contribution in [1.29, 1.82) is 0 Å². The molecule has 0 aromatic carbocycles. The van der Waals surface area contributed by atoms with Crippen molar-refractivity contribution in [2.24, 2.45) is 0 Å². The molecule has 0 bridgehead atoms. The lowest BCUT2D eigenvalue weighted by Crippen LogP contribution is -2.09. The zero-order chi connectivity index (χ0) is 13.0. The number of nitrogen functional groups attached to an aromatic ring is 1. The molecule has 0 fully saturated rings. The van der Waals surface area contributed by atoms with Crippen molar-refractivity contribution in [3.63, 3.8) is 0 Å². The van der Waals surface area contributed by atoms with E-state index in [1.807, 2.05) is 10.6 Å². The van der Waals surface area contributed by atoms with E-state index >= 15 is 0 Å². The quantitative estimate of drug-likeness (QED) is 0.839. The van der Waals surface area contributed by atoms with Crippen LogP contribution in [0.3, 0.4) is 0 Å². The molecule has 2 aromatic rings. The Labute approximate surface area is 106 Å². The number of imidazole rings is 1. The number of anilines is 1. The fraction of sp³-hybridized carbons (Fsp3) is 0.385. The maximum absolute atomic E-state index is 10.2. The largest absolute Gasteiger partial charge is 0.386 e. The third-order valence-corrected chi connectivity index (χ3v) is 2.82. The van der Waals surface area contributed by atoms with E-state index in [4.69, 9.17) is 5.73 Å². The van der Waals surface area contributed by atoms with Crippen LogP contribution in [0.2, 0.25) is 0 Å². The molecule has 5 nitrogen and oxygen atoms in total. The number of pyridine rings is 1. The molecule has 0 saturated heterocycles. The van der Waals surface area contributed by atoms with Gasteiger partial charge in [0.2, 0.25) is 0 Å². The Bertz CT molecular complexity index is 509. The minimum Gasteiger partial charge on any atom is -0.386 e. The molecule has 0 aliphatic heterocycles. The van der Waals surface area contributed by atoms with Crippen LogP contribution in [-0.2, 0) is 13.0 Å². The maximum Gasteiger partial charge on any atom is 0.123 e. The highest BCUT2D eigenvalue weighted by Crippen LogP contribution is 2.18. The molecule has 2 rings (SSSR count). The van der Waals surface area contributed by atoms with Gasteiger partial charge in [-0.05, 0) is 24.1 Å². The molecule has 5 heteroatoms. The van der Waals surface area contributed by atoms with Crippen molar-refractivity contribution in [3.05, 3.63) is 42.1 Å². The topological polar surface area (TPSA) is 77.0 Å². The maximum atomic E-state index is 10.2. The van der Waals surface area contributed by atoms with Gasteiger partial charge in [0.05, 0.1) is 24.3 Å². The Morgan fingerprint density at radius 1 is 1.50 bits per heavy atom. The molecule has 2 aromatic heterocycles. The predicted molar refractivity (Wildman–Crippen MR) is 69.8 cm³/mol. The smallest absolute Gasteiger partial charge is 0.123 e. The van der Waals surface area contributed by atoms with Crippen LogP contribution >= 0.6 is 0 Å². The summed E-state index contributed by atoms with van der Waals surface area (Å²) in [6.07, 6.45) is 6.08. The zero-order valence-corrected chi connectivity index (χ0v) is 10.5. The normalized spacial score (nSPS) is 12.6. The summed E-state index contributed by atoms with van der Waals surface area (Å²) in [5, 5.41) is 10.2. The Morgan fingerprint density at radius 3 is 3.06 bits per heavy atom. The molecule has 0 aliphatic carbocycles. The summed E-state index contributed by atoms with van der Waals surface area (Å²) in [5.41, 5.74) is 7.43. The molecule has 0 radical (unpaired) electrons. The highest BCUT2D eigenvalue weighted by Gasteiger charge is 2.13. The zero-order valence-electron chi connectivity index (χ0n) is 10.5. The average molecular weight is 246 g/mol. The van der Waals surface area contributed by atoms with Gasteiger partial charge in [0.15, 0.2) is 0 Å². The van der Waals surface area contributed by atoms with Crippen LogP contribution in [0.1, 0.15) is 30.7 Å². The molecule has 0 amide bonds. The third-order valence-electron chi connectivity index (χ3n) is 2.82. The van der Waals surface area contributed by atoms with E-state index < -0.39 is 6.10 Å². The molecule has 0 saturated carbocycles. The SMILES string of the molecule is CCCn1cncc1C(O)Cc1ccnc(N)c1. The number of rotatable bonds is 5. The molecule has 18 heavy (non-hydrogen) atoms. The number of aryl methyl sites for hydroxylation is 1. The van der Waals surface area contributed by atoms with E-state index in [0.29, 0.717) is 12.2 Å². The minimum absolute atomic E-state index is 0.474. The summed E-state index contributed by atoms with van der Waals surface area (Å²) in [4.78, 5) is 8.02. The van der Waals surface area contributed by atoms with Crippen LogP contribution < -0.4 is 5.73 Å². The summed E-state index contributed by atoms with van der Waals surface area (Å²) in [7, 11) is 0. The van der Waals surface area contributed by atoms with Gasteiger partial charge in [0, 0.05) is 19.2 Å². The summed E-state index contributed by atoms with van der Waals surface area (Å²) in [6, 6.07) is 3.64. The number of aliphatic hydroxyl groups is 1. The highest BCUT2D eigenvalue weighted by molar-refractivity contribution is 5.32. The molecule has 1 unspecified atom stereocenters. The molecule has 1 atom stereocenters. The van der Waals surface area contributed by atoms with E-state index in [1.54, 1.807) is 24.8 Å². The first kappa shape index (κ1) is 12.6. The van der Waals surface area contributed by atoms with Gasteiger partial charge in [-0.15, -0.1) is 0 Å². The van der Waals surface area contributed by atoms with Gasteiger partial charge >= 0.3 is 0 Å². The van der Waals surface area contributed by atoms with Crippen molar-refractivity contribution >= 4 is 5.82 Å². The molecule has 0 spiro atoms. The van der Waals surface area contributed by atoms with Crippen molar-refractivity contribution in [2.75, 3.05) is 5.73 Å². The molecule has 0 aliphatic rings. The van der Waals surface area contributed by atoms with Crippen molar-refractivity contribution in [3.8, 4) is 0 Å². The van der Waals surface area contributed by atoms with E-state index in [2.05, 4.69) is 16.9 Å². The third kappa shape index (κ3) is 2.87. The van der Waals surface area contributed by atoms with Gasteiger partial charge in [-0.2, -0.15) is 0 Å². The lowest BCUT2D eigenvalue weighted by molar-refractivity contribution is 0.168. The van der Waals surface area contributed by atoms with Crippen LogP contribution in [0, 0.1) is 0 Å². The molecule has 3 N–H and O–H groups in total. The first-order chi connectivity index (χ1) is 8.70. The van der Waals surface area contributed by atoms with Crippen LogP contribution in [0.4, 0.5) is 5.82 Å². The summed E-state index contributed by atoms with van der Waals surface area (Å²) in [6.45, 7) is 2.96. The fourth-order valence-corrected chi connectivity index (χ4v) is 1.99. The van der Waals surface area contributed by atoms with E-state index in [9.17, 15) is 5.11 Å². The van der Waals surface area contributed by atoms with Gasteiger partial charge in [0.1, 0.15) is 5.82 Å². The fourth-order valence-electron chi connectivity index (χ4n) is 1.99. The average Bonchev–Trinajstić information content (AvgIpc) is 2.78. The lowest BCUT2D eigenvalue weighted by atomic mass is 10.1. The van der Waals surface area contributed by atoms with Crippen molar-refractivity contribution in [1.82, 2.24) is 14.5 Å². The first-order valence-corrected chi connectivity index (χ1v) is 6.09. The number of nitrogens with zero attached hydrogens (tertiary/aromatic N) is 3. The summed E-state index contributed by atoms with van der Waals surface area (Å²) < 4.78 is 1.98. The number of aliphatic hydroxyl groups excluding tert-OH is 1. The number of aromatic nitrogens is 3. The number of hydrogen-bond acceptors (Lipinski definition) is 4. The monoisotopic (exact) mass is 246 g/mol. The Morgan fingerprint density at radius 2 is 2.33 bits per heavy atom.